The molecule has 146 valence electrons. The van der Waals surface area contributed by atoms with Crippen LogP contribution in [-0.2, 0) is 18.4 Å². The summed E-state index contributed by atoms with van der Waals surface area (Å²) in [7, 11) is 0. The van der Waals surface area contributed by atoms with E-state index in [1.54, 1.807) is 0 Å². The number of benzene rings is 3. The van der Waals surface area contributed by atoms with E-state index in [1.807, 2.05) is 42.5 Å². The quantitative estimate of drug-likeness (QED) is 0.387. The van der Waals surface area contributed by atoms with E-state index in [1.165, 1.54) is 5.56 Å². The predicted octanol–water partition coefficient (Wildman–Crippen LogP) is 6.17. The molecule has 1 heterocycles. The van der Waals surface area contributed by atoms with Crippen LogP contribution in [0.25, 0.3) is 11.4 Å². The molecule has 29 heavy (non-hydrogen) atoms. The number of aromatic nitrogens is 3. The summed E-state index contributed by atoms with van der Waals surface area (Å²) >= 11 is 6.28. The Morgan fingerprint density at radius 2 is 1.52 bits per heavy atom. The average molecular weight is 402 g/mol. The maximum Gasteiger partial charge on any atom is 0.163 e. The van der Waals surface area contributed by atoms with Crippen molar-refractivity contribution < 1.29 is 0 Å². The largest absolute Gasteiger partial charge is 0.310 e. The summed E-state index contributed by atoms with van der Waals surface area (Å²) in [5.74, 6) is 1.83. The van der Waals surface area contributed by atoms with E-state index in [2.05, 4.69) is 71.1 Å². The maximum atomic E-state index is 6.28. The zero-order chi connectivity index (χ0) is 20.3. The van der Waals surface area contributed by atoms with Crippen LogP contribution in [0.1, 0.15) is 30.8 Å². The van der Waals surface area contributed by atoms with Crippen molar-refractivity contribution in [1.82, 2.24) is 14.8 Å². The van der Waals surface area contributed by atoms with Crippen LogP contribution in [0.3, 0.4) is 0 Å². The van der Waals surface area contributed by atoms with Crippen LogP contribution >= 0.6 is 11.6 Å². The summed E-state index contributed by atoms with van der Waals surface area (Å²) in [5, 5.41) is 9.98. The second-order valence-corrected chi connectivity index (χ2v) is 8.17. The molecule has 0 spiro atoms. The molecule has 0 unspecified atom stereocenters. The highest BCUT2D eigenvalue weighted by molar-refractivity contribution is 6.30. The van der Waals surface area contributed by atoms with E-state index in [4.69, 9.17) is 11.6 Å². The van der Waals surface area contributed by atoms with Crippen molar-refractivity contribution in [2.24, 2.45) is 0 Å². The van der Waals surface area contributed by atoms with Gasteiger partial charge in [0.05, 0.1) is 0 Å². The highest BCUT2D eigenvalue weighted by Gasteiger charge is 2.31. The topological polar surface area (TPSA) is 30.7 Å². The van der Waals surface area contributed by atoms with E-state index in [0.717, 1.165) is 40.8 Å². The van der Waals surface area contributed by atoms with Crippen LogP contribution in [0.15, 0.2) is 84.9 Å². The summed E-state index contributed by atoms with van der Waals surface area (Å²) < 4.78 is 2.25. The van der Waals surface area contributed by atoms with Gasteiger partial charge in [0.15, 0.2) is 5.82 Å². The first kappa shape index (κ1) is 19.4. The summed E-state index contributed by atoms with van der Waals surface area (Å²) in [4.78, 5) is 0. The van der Waals surface area contributed by atoms with Gasteiger partial charge in [-0.15, -0.1) is 10.2 Å². The van der Waals surface area contributed by atoms with Crippen molar-refractivity contribution in [3.05, 3.63) is 107 Å². The predicted molar refractivity (Wildman–Crippen MR) is 119 cm³/mol. The first-order chi connectivity index (χ1) is 14.1. The molecule has 0 saturated heterocycles. The Kier molecular flexibility index (Phi) is 5.50. The lowest BCUT2D eigenvalue weighted by molar-refractivity contribution is 0.531. The minimum absolute atomic E-state index is 0.332. The third-order valence-electron chi connectivity index (χ3n) is 5.36. The van der Waals surface area contributed by atoms with Gasteiger partial charge in [-0.2, -0.15) is 0 Å². The van der Waals surface area contributed by atoms with Gasteiger partial charge in [-0.3, -0.25) is 0 Å². The number of nitrogens with zero attached hydrogens (tertiary/aromatic N) is 3. The van der Waals surface area contributed by atoms with E-state index in [9.17, 15) is 0 Å². The van der Waals surface area contributed by atoms with Crippen molar-refractivity contribution in [1.29, 1.82) is 0 Å². The second-order valence-electron chi connectivity index (χ2n) is 7.74. The number of rotatable bonds is 6. The molecule has 4 rings (SSSR count). The molecule has 3 aromatic carbocycles. The van der Waals surface area contributed by atoms with Crippen LogP contribution in [0.4, 0.5) is 0 Å². The molecule has 0 aliphatic carbocycles. The molecule has 0 N–H and O–H groups in total. The Morgan fingerprint density at radius 1 is 0.828 bits per heavy atom. The standard InChI is InChI=1S/C25H24ClN3/c1-25(2,21-14-9-15-22(26)18-21)24-28-27-23(20-12-7-4-8-13-20)29(24)17-16-19-10-5-3-6-11-19/h3-15,18H,16-17H2,1-2H3. The van der Waals surface area contributed by atoms with Gasteiger partial charge in [0.25, 0.3) is 0 Å². The van der Waals surface area contributed by atoms with E-state index < -0.39 is 0 Å². The van der Waals surface area contributed by atoms with Crippen molar-refractivity contribution >= 4 is 11.6 Å². The molecule has 0 aliphatic rings. The monoisotopic (exact) mass is 401 g/mol. The normalized spacial score (nSPS) is 11.6. The molecule has 0 aliphatic heterocycles. The van der Waals surface area contributed by atoms with E-state index in [-0.39, 0.29) is 5.41 Å². The average Bonchev–Trinajstić information content (AvgIpc) is 3.18. The second kappa shape index (κ2) is 8.22. The Labute approximate surface area is 177 Å². The highest BCUT2D eigenvalue weighted by Crippen LogP contribution is 2.33. The third-order valence-corrected chi connectivity index (χ3v) is 5.59. The molecule has 3 nitrogen and oxygen atoms in total. The minimum Gasteiger partial charge on any atom is -0.310 e. The molecular formula is C25H24ClN3. The zero-order valence-corrected chi connectivity index (χ0v) is 17.5. The van der Waals surface area contributed by atoms with Crippen molar-refractivity contribution in [3.63, 3.8) is 0 Å². The lowest BCUT2D eigenvalue weighted by Crippen LogP contribution is -2.25. The molecule has 0 atom stereocenters. The molecule has 0 fully saturated rings. The van der Waals surface area contributed by atoms with E-state index >= 15 is 0 Å². The van der Waals surface area contributed by atoms with Gasteiger partial charge in [0, 0.05) is 22.5 Å². The number of hydrogen-bond acceptors (Lipinski definition) is 2. The fourth-order valence-electron chi connectivity index (χ4n) is 3.67. The van der Waals surface area contributed by atoms with Crippen molar-refractivity contribution in [2.75, 3.05) is 0 Å². The lowest BCUT2D eigenvalue weighted by Gasteiger charge is -2.26. The molecule has 0 radical (unpaired) electrons. The fourth-order valence-corrected chi connectivity index (χ4v) is 3.86. The minimum atomic E-state index is -0.332. The summed E-state index contributed by atoms with van der Waals surface area (Å²) in [6.45, 7) is 5.16. The Hall–Kier alpha value is -2.91. The van der Waals surface area contributed by atoms with E-state index in [0.29, 0.717) is 0 Å². The SMILES string of the molecule is CC(C)(c1cccc(Cl)c1)c1nnc(-c2ccccc2)n1CCc1ccccc1. The van der Waals surface area contributed by atoms with Crippen LogP contribution < -0.4 is 0 Å². The Bertz CT molecular complexity index is 1090. The van der Waals surface area contributed by atoms with Gasteiger partial charge in [-0.25, -0.2) is 0 Å². The van der Waals surface area contributed by atoms with Crippen LogP contribution in [0, 0.1) is 0 Å². The molecule has 0 bridgehead atoms. The Morgan fingerprint density at radius 3 is 2.21 bits per heavy atom. The first-order valence-corrected chi connectivity index (χ1v) is 10.2. The summed E-state index contributed by atoms with van der Waals surface area (Å²) in [6.07, 6.45) is 0.914. The molecular weight excluding hydrogens is 378 g/mol. The van der Waals surface area contributed by atoms with Crippen molar-refractivity contribution in [2.45, 2.75) is 32.2 Å². The van der Waals surface area contributed by atoms with Gasteiger partial charge in [0.2, 0.25) is 0 Å². The first-order valence-electron chi connectivity index (χ1n) is 9.85. The molecule has 0 saturated carbocycles. The van der Waals surface area contributed by atoms with Crippen LogP contribution in [0.2, 0.25) is 5.02 Å². The van der Waals surface area contributed by atoms with Gasteiger partial charge in [-0.05, 0) is 43.5 Å². The van der Waals surface area contributed by atoms with Crippen molar-refractivity contribution in [3.8, 4) is 11.4 Å². The lowest BCUT2D eigenvalue weighted by atomic mass is 9.83. The molecule has 4 heteroatoms. The summed E-state index contributed by atoms with van der Waals surface area (Å²) in [6, 6.07) is 28.8. The molecule has 4 aromatic rings. The fraction of sp³-hybridized carbons (Fsp3) is 0.200. The maximum absolute atomic E-state index is 6.28. The molecule has 0 amide bonds. The van der Waals surface area contributed by atoms with Crippen LogP contribution in [-0.4, -0.2) is 14.8 Å². The van der Waals surface area contributed by atoms with Gasteiger partial charge < -0.3 is 4.57 Å². The third kappa shape index (κ3) is 4.10. The van der Waals surface area contributed by atoms with Gasteiger partial charge in [-0.1, -0.05) is 84.4 Å². The van der Waals surface area contributed by atoms with Gasteiger partial charge in [0.1, 0.15) is 5.82 Å². The summed E-state index contributed by atoms with van der Waals surface area (Å²) in [5.41, 5.74) is 3.16. The number of aryl methyl sites for hydroxylation is 1. The number of halogens is 1. The Balaban J connectivity index is 1.78. The molecule has 1 aromatic heterocycles. The number of hydrogen-bond donors (Lipinski definition) is 0. The zero-order valence-electron chi connectivity index (χ0n) is 16.7. The van der Waals surface area contributed by atoms with Crippen LogP contribution in [0.5, 0.6) is 0 Å². The smallest absolute Gasteiger partial charge is 0.163 e. The van der Waals surface area contributed by atoms with Gasteiger partial charge >= 0.3 is 0 Å². The highest BCUT2D eigenvalue weighted by atomic mass is 35.5.